The molecule has 1 aromatic heterocycles. The molecule has 134 valence electrons. The Balaban J connectivity index is 1.49. The van der Waals surface area contributed by atoms with E-state index in [9.17, 15) is 4.79 Å². The normalized spacial score (nSPS) is 20.1. The van der Waals surface area contributed by atoms with Crippen molar-refractivity contribution in [3.05, 3.63) is 20.9 Å². The number of aryl methyl sites for hydroxylation is 1. The third kappa shape index (κ3) is 3.85. The first kappa shape index (κ1) is 17.9. The Morgan fingerprint density at radius 1 is 1.25 bits per heavy atom. The standard InChI is InChI=1S/C20H32N2OS/c1-14-16(24-17-8-11-21-19(23)18(14)17)7-5-6-15-9-12-22(13-10-15)20(2,3)4/h15H,5-13H2,1-4H3,(H,21,23). The Morgan fingerprint density at radius 3 is 2.58 bits per heavy atom. The summed E-state index contributed by atoms with van der Waals surface area (Å²) in [6.07, 6.45) is 7.46. The number of piperidine rings is 1. The van der Waals surface area contributed by atoms with E-state index >= 15 is 0 Å². The summed E-state index contributed by atoms with van der Waals surface area (Å²) in [6, 6.07) is 0. The Kier molecular flexibility index (Phi) is 5.36. The maximum absolute atomic E-state index is 12.0. The molecule has 0 spiro atoms. The van der Waals surface area contributed by atoms with E-state index in [1.807, 2.05) is 11.3 Å². The maximum atomic E-state index is 12.0. The molecule has 0 atom stereocenters. The molecule has 3 nitrogen and oxygen atoms in total. The molecule has 2 aliphatic heterocycles. The average Bonchev–Trinajstić information content (AvgIpc) is 2.85. The van der Waals surface area contributed by atoms with Crippen LogP contribution in [0.2, 0.25) is 0 Å². The molecule has 1 saturated heterocycles. The molecule has 24 heavy (non-hydrogen) atoms. The topological polar surface area (TPSA) is 32.3 Å². The number of carbonyl (C=O) groups is 1. The first-order valence-electron chi connectivity index (χ1n) is 9.50. The molecule has 0 bridgehead atoms. The SMILES string of the molecule is Cc1c(CCCC2CCN(C(C)(C)C)CC2)sc2c1C(=O)NCC2. The summed E-state index contributed by atoms with van der Waals surface area (Å²) in [7, 11) is 0. The molecule has 1 N–H and O–H groups in total. The molecular weight excluding hydrogens is 316 g/mol. The molecule has 1 fully saturated rings. The van der Waals surface area contributed by atoms with Crippen LogP contribution in [0.3, 0.4) is 0 Å². The summed E-state index contributed by atoms with van der Waals surface area (Å²) >= 11 is 1.89. The van der Waals surface area contributed by atoms with E-state index in [2.05, 4.69) is 37.9 Å². The highest BCUT2D eigenvalue weighted by Gasteiger charge is 2.27. The number of hydrogen-bond donors (Lipinski definition) is 1. The van der Waals surface area contributed by atoms with Gasteiger partial charge in [-0.3, -0.25) is 9.69 Å². The molecule has 1 amide bonds. The van der Waals surface area contributed by atoms with E-state index < -0.39 is 0 Å². The number of carbonyl (C=O) groups excluding carboxylic acids is 1. The lowest BCUT2D eigenvalue weighted by Gasteiger charge is -2.41. The average molecular weight is 349 g/mol. The van der Waals surface area contributed by atoms with Crippen molar-refractivity contribution in [1.29, 1.82) is 0 Å². The van der Waals surface area contributed by atoms with Crippen molar-refractivity contribution in [2.75, 3.05) is 19.6 Å². The number of hydrogen-bond acceptors (Lipinski definition) is 3. The first-order valence-corrected chi connectivity index (χ1v) is 10.3. The quantitative estimate of drug-likeness (QED) is 0.885. The predicted octanol–water partition coefficient (Wildman–Crippen LogP) is 4.18. The van der Waals surface area contributed by atoms with E-state index in [-0.39, 0.29) is 5.91 Å². The summed E-state index contributed by atoms with van der Waals surface area (Å²) in [5, 5.41) is 2.98. The smallest absolute Gasteiger partial charge is 0.252 e. The Bertz CT molecular complexity index is 592. The summed E-state index contributed by atoms with van der Waals surface area (Å²) in [5.74, 6) is 1.03. The zero-order chi connectivity index (χ0) is 17.3. The van der Waals surface area contributed by atoms with Crippen LogP contribution in [0, 0.1) is 12.8 Å². The molecule has 0 unspecified atom stereocenters. The molecule has 4 heteroatoms. The summed E-state index contributed by atoms with van der Waals surface area (Å²) in [4.78, 5) is 17.4. The van der Waals surface area contributed by atoms with Gasteiger partial charge in [0.15, 0.2) is 0 Å². The highest BCUT2D eigenvalue weighted by atomic mass is 32.1. The molecular formula is C20H32N2OS. The fourth-order valence-corrected chi connectivity index (χ4v) is 5.51. The van der Waals surface area contributed by atoms with Gasteiger partial charge >= 0.3 is 0 Å². The van der Waals surface area contributed by atoms with Crippen molar-refractivity contribution in [3.8, 4) is 0 Å². The third-order valence-corrected chi connectivity index (χ3v) is 7.17. The highest BCUT2D eigenvalue weighted by Crippen LogP contribution is 2.33. The van der Waals surface area contributed by atoms with Crippen LogP contribution in [-0.4, -0.2) is 36.0 Å². The van der Waals surface area contributed by atoms with Crippen LogP contribution in [0.1, 0.15) is 72.1 Å². The number of likely N-dealkylation sites (tertiary alicyclic amines) is 1. The third-order valence-electron chi connectivity index (χ3n) is 5.76. The van der Waals surface area contributed by atoms with Crippen molar-refractivity contribution in [1.82, 2.24) is 10.2 Å². The molecule has 3 heterocycles. The van der Waals surface area contributed by atoms with Gasteiger partial charge in [0.1, 0.15) is 0 Å². The van der Waals surface area contributed by atoms with Crippen molar-refractivity contribution in [2.24, 2.45) is 5.92 Å². The van der Waals surface area contributed by atoms with Crippen LogP contribution < -0.4 is 5.32 Å². The summed E-state index contributed by atoms with van der Waals surface area (Å²) in [5.41, 5.74) is 2.55. The van der Waals surface area contributed by atoms with Gasteiger partial charge < -0.3 is 5.32 Å². The summed E-state index contributed by atoms with van der Waals surface area (Å²) in [6.45, 7) is 12.4. The van der Waals surface area contributed by atoms with E-state index in [0.717, 1.165) is 30.9 Å². The predicted molar refractivity (Wildman–Crippen MR) is 102 cm³/mol. The van der Waals surface area contributed by atoms with Gasteiger partial charge in [0, 0.05) is 21.8 Å². The second-order valence-corrected chi connectivity index (χ2v) is 9.64. The van der Waals surface area contributed by atoms with E-state index in [1.54, 1.807) is 0 Å². The highest BCUT2D eigenvalue weighted by molar-refractivity contribution is 7.12. The fourth-order valence-electron chi connectivity index (χ4n) is 4.16. The lowest BCUT2D eigenvalue weighted by atomic mass is 9.89. The number of thiophene rings is 1. The lowest BCUT2D eigenvalue weighted by molar-refractivity contribution is 0.0849. The van der Waals surface area contributed by atoms with Crippen LogP contribution in [-0.2, 0) is 12.8 Å². The van der Waals surface area contributed by atoms with Crippen LogP contribution in [0.5, 0.6) is 0 Å². The van der Waals surface area contributed by atoms with Gasteiger partial charge in [-0.1, -0.05) is 6.42 Å². The van der Waals surface area contributed by atoms with Gasteiger partial charge in [0.2, 0.25) is 0 Å². The number of rotatable bonds is 4. The second kappa shape index (κ2) is 7.17. The van der Waals surface area contributed by atoms with Gasteiger partial charge in [0.25, 0.3) is 5.91 Å². The van der Waals surface area contributed by atoms with Crippen LogP contribution >= 0.6 is 11.3 Å². The zero-order valence-electron chi connectivity index (χ0n) is 15.7. The Hall–Kier alpha value is -0.870. The molecule has 0 saturated carbocycles. The van der Waals surface area contributed by atoms with E-state index in [0.29, 0.717) is 5.54 Å². The van der Waals surface area contributed by atoms with Gasteiger partial charge in [-0.15, -0.1) is 11.3 Å². The molecule has 0 aromatic carbocycles. The van der Waals surface area contributed by atoms with E-state index in [4.69, 9.17) is 0 Å². The van der Waals surface area contributed by atoms with Crippen molar-refractivity contribution < 1.29 is 4.79 Å². The Labute approximate surface area is 150 Å². The number of nitrogens with one attached hydrogen (secondary N) is 1. The van der Waals surface area contributed by atoms with Crippen molar-refractivity contribution in [2.45, 2.75) is 71.8 Å². The van der Waals surface area contributed by atoms with Gasteiger partial charge in [-0.05, 0) is 84.4 Å². The zero-order valence-corrected chi connectivity index (χ0v) is 16.5. The monoisotopic (exact) mass is 348 g/mol. The minimum absolute atomic E-state index is 0.144. The minimum atomic E-state index is 0.144. The maximum Gasteiger partial charge on any atom is 0.252 e. The lowest BCUT2D eigenvalue weighted by Crippen LogP contribution is -2.46. The largest absolute Gasteiger partial charge is 0.352 e. The molecule has 1 aromatic rings. The van der Waals surface area contributed by atoms with Gasteiger partial charge in [-0.25, -0.2) is 0 Å². The molecule has 0 aliphatic carbocycles. The van der Waals surface area contributed by atoms with Crippen LogP contribution in [0.25, 0.3) is 0 Å². The summed E-state index contributed by atoms with van der Waals surface area (Å²) < 4.78 is 0. The van der Waals surface area contributed by atoms with Crippen LogP contribution in [0.15, 0.2) is 0 Å². The molecule has 3 rings (SSSR count). The van der Waals surface area contributed by atoms with Gasteiger partial charge in [0.05, 0.1) is 5.56 Å². The van der Waals surface area contributed by atoms with E-state index in [1.165, 1.54) is 54.1 Å². The second-order valence-electron chi connectivity index (χ2n) is 8.45. The minimum Gasteiger partial charge on any atom is -0.352 e. The number of nitrogens with zero attached hydrogens (tertiary/aromatic N) is 1. The Morgan fingerprint density at radius 2 is 1.96 bits per heavy atom. The van der Waals surface area contributed by atoms with Gasteiger partial charge in [-0.2, -0.15) is 0 Å². The van der Waals surface area contributed by atoms with Crippen molar-refractivity contribution in [3.63, 3.8) is 0 Å². The molecule has 2 aliphatic rings. The number of fused-ring (bicyclic) bond motifs is 1. The van der Waals surface area contributed by atoms with Crippen molar-refractivity contribution >= 4 is 17.2 Å². The van der Waals surface area contributed by atoms with Crippen LogP contribution in [0.4, 0.5) is 0 Å². The first-order chi connectivity index (χ1) is 11.4. The number of amides is 1. The fraction of sp³-hybridized carbons (Fsp3) is 0.750. The molecule has 0 radical (unpaired) electrons.